The number of ether oxygens (including phenoxy) is 2. The van der Waals surface area contributed by atoms with Crippen LogP contribution in [0.3, 0.4) is 0 Å². The molecule has 0 atom stereocenters. The van der Waals surface area contributed by atoms with Crippen molar-refractivity contribution >= 4 is 5.97 Å². The fourth-order valence-corrected chi connectivity index (χ4v) is 1.43. The second-order valence-corrected chi connectivity index (χ2v) is 3.33. The van der Waals surface area contributed by atoms with Crippen LogP contribution in [0.5, 0.6) is 0 Å². The van der Waals surface area contributed by atoms with E-state index in [4.69, 9.17) is 9.47 Å². The van der Waals surface area contributed by atoms with E-state index in [0.29, 0.717) is 18.9 Å². The molecular formula is C12H17NO3. The van der Waals surface area contributed by atoms with Crippen molar-refractivity contribution in [2.45, 2.75) is 19.8 Å². The molecule has 0 aromatic carbocycles. The molecule has 0 fully saturated rings. The van der Waals surface area contributed by atoms with Gasteiger partial charge in [-0.05, 0) is 31.4 Å². The van der Waals surface area contributed by atoms with Gasteiger partial charge in [-0.2, -0.15) is 0 Å². The van der Waals surface area contributed by atoms with Gasteiger partial charge in [0.1, 0.15) is 0 Å². The molecule has 0 radical (unpaired) electrons. The number of carbonyl (C=O) groups excluding carboxylic acids is 1. The number of esters is 1. The lowest BCUT2D eigenvalue weighted by molar-refractivity contribution is 0.0518. The molecule has 0 N–H and O–H groups in total. The van der Waals surface area contributed by atoms with Crippen LogP contribution in [0.1, 0.15) is 29.4 Å². The van der Waals surface area contributed by atoms with E-state index in [1.54, 1.807) is 20.2 Å². The summed E-state index contributed by atoms with van der Waals surface area (Å²) in [4.78, 5) is 15.6. The first kappa shape index (κ1) is 12.6. The molecule has 0 spiro atoms. The van der Waals surface area contributed by atoms with Crippen molar-refractivity contribution in [3.8, 4) is 0 Å². The Morgan fingerprint density at radius 1 is 1.50 bits per heavy atom. The van der Waals surface area contributed by atoms with Crippen LogP contribution in [0, 0.1) is 0 Å². The first-order valence-corrected chi connectivity index (χ1v) is 5.39. The van der Waals surface area contributed by atoms with Crippen LogP contribution in [0.4, 0.5) is 0 Å². The summed E-state index contributed by atoms with van der Waals surface area (Å²) in [5.74, 6) is -0.351. The molecule has 88 valence electrons. The summed E-state index contributed by atoms with van der Waals surface area (Å²) in [5, 5.41) is 0. The summed E-state index contributed by atoms with van der Waals surface area (Å²) in [6.07, 6.45) is 3.25. The maximum Gasteiger partial charge on any atom is 0.357 e. The predicted molar refractivity (Wildman–Crippen MR) is 60.4 cm³/mol. The smallest absolute Gasteiger partial charge is 0.357 e. The normalized spacial score (nSPS) is 10.1. The summed E-state index contributed by atoms with van der Waals surface area (Å²) >= 11 is 0. The minimum absolute atomic E-state index is 0.351. The van der Waals surface area contributed by atoms with Crippen molar-refractivity contribution in [3.63, 3.8) is 0 Å². The van der Waals surface area contributed by atoms with Crippen molar-refractivity contribution in [2.75, 3.05) is 20.3 Å². The van der Waals surface area contributed by atoms with Crippen molar-refractivity contribution in [3.05, 3.63) is 29.6 Å². The van der Waals surface area contributed by atoms with Crippen LogP contribution in [0.2, 0.25) is 0 Å². The molecule has 0 saturated heterocycles. The summed E-state index contributed by atoms with van der Waals surface area (Å²) in [6, 6.07) is 3.72. The lowest BCUT2D eigenvalue weighted by Crippen LogP contribution is -2.10. The molecule has 0 aliphatic rings. The van der Waals surface area contributed by atoms with E-state index in [0.717, 1.165) is 18.4 Å². The zero-order valence-electron chi connectivity index (χ0n) is 9.73. The number of hydrogen-bond acceptors (Lipinski definition) is 4. The lowest BCUT2D eigenvalue weighted by atomic mass is 10.1. The van der Waals surface area contributed by atoms with E-state index in [1.165, 1.54) is 0 Å². The molecule has 1 aromatic heterocycles. The molecule has 0 bridgehead atoms. The van der Waals surface area contributed by atoms with Crippen LogP contribution in [0.15, 0.2) is 18.3 Å². The van der Waals surface area contributed by atoms with E-state index in [1.807, 2.05) is 12.1 Å². The second kappa shape index (κ2) is 6.95. The number of carbonyl (C=O) groups is 1. The Balaban J connectivity index is 2.71. The maximum absolute atomic E-state index is 11.6. The minimum atomic E-state index is -0.351. The molecule has 0 amide bonds. The van der Waals surface area contributed by atoms with Crippen LogP contribution in [-0.4, -0.2) is 31.3 Å². The second-order valence-electron chi connectivity index (χ2n) is 3.33. The van der Waals surface area contributed by atoms with E-state index < -0.39 is 0 Å². The zero-order valence-corrected chi connectivity index (χ0v) is 9.73. The summed E-state index contributed by atoms with van der Waals surface area (Å²) in [5.41, 5.74) is 1.33. The van der Waals surface area contributed by atoms with E-state index >= 15 is 0 Å². The van der Waals surface area contributed by atoms with Gasteiger partial charge in [-0.25, -0.2) is 9.78 Å². The Labute approximate surface area is 95.6 Å². The van der Waals surface area contributed by atoms with Crippen molar-refractivity contribution in [1.29, 1.82) is 0 Å². The van der Waals surface area contributed by atoms with E-state index in [-0.39, 0.29) is 5.97 Å². The molecule has 0 aliphatic carbocycles. The maximum atomic E-state index is 11.6. The Hall–Kier alpha value is -1.42. The number of aromatic nitrogens is 1. The number of hydrogen-bond donors (Lipinski definition) is 0. The van der Waals surface area contributed by atoms with Gasteiger partial charge < -0.3 is 9.47 Å². The van der Waals surface area contributed by atoms with E-state index in [9.17, 15) is 4.79 Å². The highest BCUT2D eigenvalue weighted by atomic mass is 16.5. The monoisotopic (exact) mass is 223 g/mol. The van der Waals surface area contributed by atoms with Crippen molar-refractivity contribution < 1.29 is 14.3 Å². The summed E-state index contributed by atoms with van der Waals surface area (Å²) in [7, 11) is 1.66. The lowest BCUT2D eigenvalue weighted by Gasteiger charge is -2.07. The number of nitrogens with zero attached hydrogens (tertiary/aromatic N) is 1. The van der Waals surface area contributed by atoms with Gasteiger partial charge in [-0.3, -0.25) is 0 Å². The van der Waals surface area contributed by atoms with Gasteiger partial charge in [0, 0.05) is 19.9 Å². The van der Waals surface area contributed by atoms with Crippen LogP contribution in [-0.2, 0) is 15.9 Å². The molecule has 1 heterocycles. The molecule has 4 heteroatoms. The standard InChI is InChI=1S/C12H17NO3/c1-3-16-12(14)11-10(6-4-8-13-11)7-5-9-15-2/h4,6,8H,3,5,7,9H2,1-2H3. The molecule has 1 rings (SSSR count). The molecular weight excluding hydrogens is 206 g/mol. The van der Waals surface area contributed by atoms with Crippen LogP contribution in [0.25, 0.3) is 0 Å². The van der Waals surface area contributed by atoms with Gasteiger partial charge in [-0.1, -0.05) is 6.07 Å². The number of methoxy groups -OCH3 is 1. The number of pyridine rings is 1. The summed E-state index contributed by atoms with van der Waals surface area (Å²) in [6.45, 7) is 2.83. The van der Waals surface area contributed by atoms with Gasteiger partial charge >= 0.3 is 5.97 Å². The molecule has 0 aliphatic heterocycles. The third-order valence-corrected chi connectivity index (χ3v) is 2.15. The third-order valence-electron chi connectivity index (χ3n) is 2.15. The van der Waals surface area contributed by atoms with Crippen molar-refractivity contribution in [2.24, 2.45) is 0 Å². The quantitative estimate of drug-likeness (QED) is 0.545. The third kappa shape index (κ3) is 3.62. The first-order valence-electron chi connectivity index (χ1n) is 5.39. The predicted octanol–water partition coefficient (Wildman–Crippen LogP) is 1.84. The Morgan fingerprint density at radius 3 is 3.00 bits per heavy atom. The Bertz CT molecular complexity index is 339. The number of rotatable bonds is 6. The molecule has 4 nitrogen and oxygen atoms in total. The Kier molecular flexibility index (Phi) is 5.50. The average molecular weight is 223 g/mol. The van der Waals surface area contributed by atoms with Gasteiger partial charge in [0.25, 0.3) is 0 Å². The molecule has 1 aromatic rings. The largest absolute Gasteiger partial charge is 0.461 e. The van der Waals surface area contributed by atoms with E-state index in [2.05, 4.69) is 4.98 Å². The zero-order chi connectivity index (χ0) is 11.8. The van der Waals surface area contributed by atoms with Crippen LogP contribution < -0.4 is 0 Å². The SMILES string of the molecule is CCOC(=O)c1ncccc1CCCOC. The van der Waals surface area contributed by atoms with Gasteiger partial charge in [0.05, 0.1) is 6.61 Å². The highest BCUT2D eigenvalue weighted by Crippen LogP contribution is 2.09. The minimum Gasteiger partial charge on any atom is -0.461 e. The molecule has 16 heavy (non-hydrogen) atoms. The highest BCUT2D eigenvalue weighted by molar-refractivity contribution is 5.88. The summed E-state index contributed by atoms with van der Waals surface area (Å²) < 4.78 is 9.92. The van der Waals surface area contributed by atoms with Gasteiger partial charge in [-0.15, -0.1) is 0 Å². The van der Waals surface area contributed by atoms with Crippen LogP contribution >= 0.6 is 0 Å². The van der Waals surface area contributed by atoms with Gasteiger partial charge in [0.2, 0.25) is 0 Å². The van der Waals surface area contributed by atoms with Crippen molar-refractivity contribution in [1.82, 2.24) is 4.98 Å². The topological polar surface area (TPSA) is 48.4 Å². The fraction of sp³-hybridized carbons (Fsp3) is 0.500. The molecule has 0 unspecified atom stereocenters. The first-order chi connectivity index (χ1) is 7.79. The average Bonchev–Trinajstić information content (AvgIpc) is 2.30. The highest BCUT2D eigenvalue weighted by Gasteiger charge is 2.12. The van der Waals surface area contributed by atoms with Gasteiger partial charge in [0.15, 0.2) is 5.69 Å². The fourth-order valence-electron chi connectivity index (χ4n) is 1.43. The Morgan fingerprint density at radius 2 is 2.31 bits per heavy atom. The molecule has 0 saturated carbocycles. The number of aryl methyl sites for hydroxylation is 1.